The lowest BCUT2D eigenvalue weighted by molar-refractivity contribution is -0.161. The molecule has 0 heterocycles. The first-order chi connectivity index (χ1) is 57.2. The van der Waals surface area contributed by atoms with Gasteiger partial charge < -0.3 is 34.2 Å². The number of esters is 3. The van der Waals surface area contributed by atoms with Crippen LogP contribution in [0.15, 0.2) is 158 Å². The minimum Gasteiger partial charge on any atom is -0.463 e. The maximum absolute atomic E-state index is 13.1. The number of aliphatic hydroxyl groups is 2. The Bertz CT molecular complexity index is 2760. The van der Waals surface area contributed by atoms with E-state index in [1.807, 2.05) is 0 Å². The van der Waals surface area contributed by atoms with Crippen molar-refractivity contribution < 1.29 is 75.8 Å². The smallest absolute Gasteiger partial charge is 0.463 e. The average molecular weight is 1680 g/mol. The van der Waals surface area contributed by atoms with E-state index in [1.165, 1.54) is 173 Å². The third-order valence-corrected chi connectivity index (χ3v) is 21.6. The van der Waals surface area contributed by atoms with Gasteiger partial charge in [0.25, 0.3) is 0 Å². The summed E-state index contributed by atoms with van der Waals surface area (Å²) in [5.74, 6) is -1.59. The SMILES string of the molecule is CC/C=C\C/C=C\C/C=C\C/C=C\C/C=C\CCCCCCCCCCCCCCCCCC(=O)OCC(O)COP(=O)(O)OCC(O)COP(=O)(O)OCC(COC(=O)CCCCCCCCCCCCCCC/C=C\C/C=C\C/C=C\C/C=C\CCCCC)OC(=O)CCCCCCC/C=C\C/C=C\C/C=C\C/C=C\CCCCC. The fraction of sp³-hybridized carbons (Fsp3) is 0.707. The number of phosphoric acid groups is 2. The van der Waals surface area contributed by atoms with Gasteiger partial charge in [0.05, 0.1) is 26.4 Å². The van der Waals surface area contributed by atoms with E-state index in [0.717, 1.165) is 161 Å². The second-order valence-corrected chi connectivity index (χ2v) is 34.0. The minimum atomic E-state index is -4.95. The first kappa shape index (κ1) is 112. The predicted molar refractivity (Wildman–Crippen MR) is 491 cm³/mol. The van der Waals surface area contributed by atoms with Gasteiger partial charge in [-0.1, -0.05) is 378 Å². The highest BCUT2D eigenvalue weighted by atomic mass is 31.2. The number of rotatable bonds is 88. The molecule has 5 unspecified atom stereocenters. The van der Waals surface area contributed by atoms with Crippen molar-refractivity contribution in [1.29, 1.82) is 0 Å². The molecule has 0 spiro atoms. The maximum Gasteiger partial charge on any atom is 0.472 e. The Balaban J connectivity index is 4.60. The molecule has 0 aromatic rings. The van der Waals surface area contributed by atoms with Crippen molar-refractivity contribution in [3.05, 3.63) is 158 Å². The molecule has 0 saturated heterocycles. The van der Waals surface area contributed by atoms with Crippen molar-refractivity contribution in [2.75, 3.05) is 39.6 Å². The molecule has 0 aliphatic carbocycles. The third kappa shape index (κ3) is 91.7. The second-order valence-electron chi connectivity index (χ2n) is 31.1. The molecule has 0 aliphatic rings. The summed E-state index contributed by atoms with van der Waals surface area (Å²) >= 11 is 0. The number of allylic oxidation sites excluding steroid dienone is 26. The zero-order valence-corrected chi connectivity index (χ0v) is 75.9. The van der Waals surface area contributed by atoms with Gasteiger partial charge in [0.2, 0.25) is 0 Å². The van der Waals surface area contributed by atoms with E-state index in [0.29, 0.717) is 19.3 Å². The maximum atomic E-state index is 13.1. The van der Waals surface area contributed by atoms with Gasteiger partial charge >= 0.3 is 33.6 Å². The van der Waals surface area contributed by atoms with Crippen molar-refractivity contribution in [3.8, 4) is 0 Å². The summed E-state index contributed by atoms with van der Waals surface area (Å²) in [4.78, 5) is 59.0. The largest absolute Gasteiger partial charge is 0.472 e. The minimum absolute atomic E-state index is 0.0806. The number of aliphatic hydroxyl groups excluding tert-OH is 2. The standard InChI is InChI=1S/C99H170O16P2/c1-4-7-10-13-16-19-22-25-28-31-34-37-39-41-43-45-46-48-50-51-53-56-58-61-64-67-70-73-76-79-82-85-97(102)109-88-94(100)89-111-116(105,106)112-90-95(101)91-113-117(107,108)114-93-96(115-99(104)87-84-81-78-75-72-69-66-63-60-55-36-33-30-27-24-21-18-15-12-9-6-3)92-110-98(103)86-83-80-77-74-71-68-65-62-59-57-54-52-49-47-44-42-40-38-35-32-29-26-23-20-17-14-11-8-5-2/h7,10,16-21,25-30,34-38,41-44,55,63,66,94-96,100-101H,4-6,8-9,11-15,22-24,31-33,39-40,45-54,56-62,64-65,67-93H2,1-3H3,(H,105,106)(H,107,108)/b10-7-,19-16-,20-17-,21-18-,28-25-,29-26-,30-27-,37-34-,38-35-,43-41-,44-42-,55-36-,66-63-. The lowest BCUT2D eigenvalue weighted by Gasteiger charge is -2.21. The van der Waals surface area contributed by atoms with Crippen molar-refractivity contribution in [3.63, 3.8) is 0 Å². The first-order valence-electron chi connectivity index (χ1n) is 46.8. The molecule has 0 rings (SSSR count). The molecule has 672 valence electrons. The Hall–Kier alpha value is -4.83. The molecule has 0 bridgehead atoms. The molecule has 0 fully saturated rings. The predicted octanol–water partition coefficient (Wildman–Crippen LogP) is 28.9. The quantitative estimate of drug-likeness (QED) is 0.0146. The highest BCUT2D eigenvalue weighted by Gasteiger charge is 2.29. The number of ether oxygens (including phenoxy) is 3. The zero-order chi connectivity index (χ0) is 85.1. The van der Waals surface area contributed by atoms with Crippen molar-refractivity contribution in [1.82, 2.24) is 0 Å². The lowest BCUT2D eigenvalue weighted by Crippen LogP contribution is -2.30. The summed E-state index contributed by atoms with van der Waals surface area (Å²) in [5.41, 5.74) is 0. The number of hydrogen-bond acceptors (Lipinski definition) is 14. The Labute approximate surface area is 714 Å². The van der Waals surface area contributed by atoms with Crippen LogP contribution in [0, 0.1) is 0 Å². The van der Waals surface area contributed by atoms with E-state index in [1.54, 1.807) is 0 Å². The van der Waals surface area contributed by atoms with E-state index in [-0.39, 0.29) is 19.3 Å². The molecular formula is C99H170O16P2. The van der Waals surface area contributed by atoms with Crippen LogP contribution in [0.25, 0.3) is 0 Å². The Kier molecular flexibility index (Phi) is 86.7. The van der Waals surface area contributed by atoms with E-state index in [9.17, 15) is 43.5 Å². The van der Waals surface area contributed by atoms with Crippen LogP contribution in [0.3, 0.4) is 0 Å². The van der Waals surface area contributed by atoms with Crippen molar-refractivity contribution in [2.45, 2.75) is 411 Å². The van der Waals surface area contributed by atoms with Crippen LogP contribution in [-0.4, -0.2) is 95.9 Å². The summed E-state index contributed by atoms with van der Waals surface area (Å²) in [6, 6.07) is 0. The zero-order valence-electron chi connectivity index (χ0n) is 74.1. The number of phosphoric ester groups is 2. The van der Waals surface area contributed by atoms with Crippen molar-refractivity contribution >= 4 is 33.6 Å². The Morgan fingerprint density at radius 1 is 0.248 bits per heavy atom. The van der Waals surface area contributed by atoms with Crippen molar-refractivity contribution in [2.24, 2.45) is 0 Å². The van der Waals surface area contributed by atoms with Gasteiger partial charge in [0, 0.05) is 19.3 Å². The fourth-order valence-corrected chi connectivity index (χ4v) is 14.2. The summed E-state index contributed by atoms with van der Waals surface area (Å²) in [5, 5.41) is 20.7. The van der Waals surface area contributed by atoms with Crippen LogP contribution >= 0.6 is 15.6 Å². The van der Waals surface area contributed by atoms with Gasteiger partial charge in [-0.05, 0) is 154 Å². The highest BCUT2D eigenvalue weighted by molar-refractivity contribution is 7.47. The van der Waals surface area contributed by atoms with Gasteiger partial charge in [-0.3, -0.25) is 32.5 Å². The number of carbonyl (C=O) groups excluding carboxylic acids is 3. The summed E-state index contributed by atoms with van der Waals surface area (Å²) < 4.78 is 61.5. The van der Waals surface area contributed by atoms with Gasteiger partial charge in [-0.15, -0.1) is 0 Å². The molecule has 0 aromatic carbocycles. The van der Waals surface area contributed by atoms with Crippen LogP contribution in [-0.2, 0) is 55.8 Å². The first-order valence-corrected chi connectivity index (χ1v) is 49.8. The molecule has 117 heavy (non-hydrogen) atoms. The Morgan fingerprint density at radius 3 is 0.718 bits per heavy atom. The van der Waals surface area contributed by atoms with Crippen LogP contribution < -0.4 is 0 Å². The number of hydrogen-bond donors (Lipinski definition) is 4. The molecule has 5 atom stereocenters. The lowest BCUT2D eigenvalue weighted by atomic mass is 10.0. The molecule has 18 heteroatoms. The molecule has 0 radical (unpaired) electrons. The van der Waals surface area contributed by atoms with Crippen LogP contribution in [0.4, 0.5) is 0 Å². The molecule has 16 nitrogen and oxygen atoms in total. The average Bonchev–Trinajstić information content (AvgIpc) is 0.899. The van der Waals surface area contributed by atoms with E-state index >= 15 is 0 Å². The summed E-state index contributed by atoms with van der Waals surface area (Å²) in [6.45, 7) is 2.54. The normalized spacial score (nSPS) is 14.5. The molecule has 0 amide bonds. The molecule has 0 saturated carbocycles. The monoisotopic (exact) mass is 1680 g/mol. The van der Waals surface area contributed by atoms with E-state index in [2.05, 4.69) is 179 Å². The summed E-state index contributed by atoms with van der Waals surface area (Å²) in [7, 11) is -9.82. The summed E-state index contributed by atoms with van der Waals surface area (Å²) in [6.07, 6.45) is 116. The van der Waals surface area contributed by atoms with Crippen LogP contribution in [0.2, 0.25) is 0 Å². The second kappa shape index (κ2) is 90.4. The topological polar surface area (TPSA) is 231 Å². The van der Waals surface area contributed by atoms with Gasteiger partial charge in [0.15, 0.2) is 6.10 Å². The van der Waals surface area contributed by atoms with Crippen LogP contribution in [0.1, 0.15) is 393 Å². The Morgan fingerprint density at radius 2 is 0.453 bits per heavy atom. The van der Waals surface area contributed by atoms with Gasteiger partial charge in [0.1, 0.15) is 25.4 Å². The van der Waals surface area contributed by atoms with Crippen LogP contribution in [0.5, 0.6) is 0 Å². The molecule has 0 aromatic heterocycles. The molecule has 4 N–H and O–H groups in total. The third-order valence-electron chi connectivity index (χ3n) is 19.7. The number of carbonyl (C=O) groups is 3. The van der Waals surface area contributed by atoms with E-state index in [4.69, 9.17) is 32.3 Å². The molecule has 0 aliphatic heterocycles. The number of unbranched alkanes of at least 4 members (excludes halogenated alkanes) is 39. The highest BCUT2D eigenvalue weighted by Crippen LogP contribution is 2.45. The fourth-order valence-electron chi connectivity index (χ4n) is 12.6. The van der Waals surface area contributed by atoms with Gasteiger partial charge in [-0.25, -0.2) is 9.13 Å². The molecular weight excluding hydrogens is 1510 g/mol. The van der Waals surface area contributed by atoms with Gasteiger partial charge in [-0.2, -0.15) is 0 Å². The van der Waals surface area contributed by atoms with E-state index < -0.39 is 91.5 Å².